The molecule has 0 spiro atoms. The van der Waals surface area contributed by atoms with E-state index in [4.69, 9.17) is 11.6 Å². The Kier molecular flexibility index (Phi) is 5.51. The van der Waals surface area contributed by atoms with E-state index in [1.807, 2.05) is 17.8 Å². The van der Waals surface area contributed by atoms with Crippen molar-refractivity contribution in [3.05, 3.63) is 29.0 Å². The van der Waals surface area contributed by atoms with Gasteiger partial charge in [-0.15, -0.1) is 0 Å². The first-order valence-corrected chi connectivity index (χ1v) is 7.90. The number of nitrogens with zero attached hydrogens (tertiary/aromatic N) is 1. The minimum atomic E-state index is 0.263. The fourth-order valence-electron chi connectivity index (χ4n) is 2.25. The Morgan fingerprint density at radius 1 is 1.39 bits per heavy atom. The average Bonchev–Trinajstić information content (AvgIpc) is 2.40. The Morgan fingerprint density at radius 2 is 2.17 bits per heavy atom. The topological polar surface area (TPSA) is 30.0 Å². The van der Waals surface area contributed by atoms with E-state index in [1.165, 1.54) is 32.1 Å². The van der Waals surface area contributed by atoms with Gasteiger partial charge in [0, 0.05) is 24.1 Å². The van der Waals surface area contributed by atoms with E-state index in [2.05, 4.69) is 4.98 Å². The van der Waals surface area contributed by atoms with Gasteiger partial charge >= 0.3 is 0 Å². The van der Waals surface area contributed by atoms with Gasteiger partial charge in [0.25, 0.3) is 0 Å². The van der Waals surface area contributed by atoms with E-state index in [0.717, 1.165) is 5.56 Å². The molecule has 0 amide bonds. The Balaban J connectivity index is 1.76. The number of ketones is 1. The highest BCUT2D eigenvalue weighted by molar-refractivity contribution is 8.00. The van der Waals surface area contributed by atoms with E-state index >= 15 is 0 Å². The van der Waals surface area contributed by atoms with Crippen LogP contribution in [0.1, 0.15) is 37.7 Å². The molecule has 18 heavy (non-hydrogen) atoms. The predicted molar refractivity (Wildman–Crippen MR) is 77.3 cm³/mol. The number of thioether (sulfide) groups is 1. The molecule has 2 nitrogen and oxygen atoms in total. The van der Waals surface area contributed by atoms with E-state index in [1.54, 1.807) is 12.4 Å². The quantitative estimate of drug-likeness (QED) is 0.821. The molecule has 0 unspecified atom stereocenters. The zero-order chi connectivity index (χ0) is 12.8. The van der Waals surface area contributed by atoms with Crippen molar-refractivity contribution in [1.29, 1.82) is 0 Å². The van der Waals surface area contributed by atoms with E-state index in [9.17, 15) is 4.79 Å². The summed E-state index contributed by atoms with van der Waals surface area (Å²) in [6, 6.07) is 1.82. The molecule has 1 aliphatic carbocycles. The number of hydrogen-bond acceptors (Lipinski definition) is 3. The van der Waals surface area contributed by atoms with Crippen molar-refractivity contribution < 1.29 is 4.79 Å². The molecule has 1 aromatic heterocycles. The molecule has 1 fully saturated rings. The molecular weight excluding hydrogens is 266 g/mol. The van der Waals surface area contributed by atoms with Crippen LogP contribution in [0.5, 0.6) is 0 Å². The van der Waals surface area contributed by atoms with Gasteiger partial charge in [-0.25, -0.2) is 0 Å². The minimum Gasteiger partial charge on any atom is -0.298 e. The average molecular weight is 284 g/mol. The first-order valence-electron chi connectivity index (χ1n) is 6.47. The number of halogens is 1. The first-order chi connectivity index (χ1) is 8.75. The van der Waals surface area contributed by atoms with Crippen molar-refractivity contribution >= 4 is 29.1 Å². The number of Topliss-reactive ketones (excluding diaryl/α,β-unsaturated/α-hetero) is 1. The second-order valence-corrected chi connectivity index (χ2v) is 6.45. The molecule has 0 bridgehead atoms. The fourth-order valence-corrected chi connectivity index (χ4v) is 3.63. The summed E-state index contributed by atoms with van der Waals surface area (Å²) < 4.78 is 0. The van der Waals surface area contributed by atoms with Crippen molar-refractivity contribution in [2.24, 2.45) is 0 Å². The lowest BCUT2D eigenvalue weighted by atomic mass is 10.0. The molecule has 1 saturated carbocycles. The van der Waals surface area contributed by atoms with Crippen LogP contribution in [0, 0.1) is 0 Å². The molecule has 0 aromatic carbocycles. The Bertz CT molecular complexity index is 405. The molecule has 0 radical (unpaired) electrons. The van der Waals surface area contributed by atoms with Crippen LogP contribution in [0.2, 0.25) is 5.02 Å². The van der Waals surface area contributed by atoms with E-state index < -0.39 is 0 Å². The van der Waals surface area contributed by atoms with Gasteiger partial charge in [0.05, 0.1) is 10.8 Å². The normalized spacial score (nSPS) is 16.7. The summed E-state index contributed by atoms with van der Waals surface area (Å²) in [5.41, 5.74) is 0.890. The zero-order valence-corrected chi connectivity index (χ0v) is 12.0. The van der Waals surface area contributed by atoms with Gasteiger partial charge in [0.15, 0.2) is 0 Å². The lowest BCUT2D eigenvalue weighted by Crippen LogP contribution is -2.13. The number of aromatic nitrogens is 1. The largest absolute Gasteiger partial charge is 0.298 e. The highest BCUT2D eigenvalue weighted by Gasteiger charge is 2.15. The fraction of sp³-hybridized carbons (Fsp3) is 0.571. The molecule has 2 rings (SSSR count). The van der Waals surface area contributed by atoms with Gasteiger partial charge in [0.2, 0.25) is 0 Å². The summed E-state index contributed by atoms with van der Waals surface area (Å²) in [6.07, 6.45) is 10.3. The second kappa shape index (κ2) is 7.15. The summed E-state index contributed by atoms with van der Waals surface area (Å²) in [5, 5.41) is 1.28. The Labute approximate surface area is 118 Å². The third kappa shape index (κ3) is 4.29. The number of rotatable bonds is 5. The highest BCUT2D eigenvalue weighted by Crippen LogP contribution is 2.28. The lowest BCUT2D eigenvalue weighted by Gasteiger charge is -2.20. The third-order valence-electron chi connectivity index (χ3n) is 3.28. The molecule has 4 heteroatoms. The van der Waals surface area contributed by atoms with Crippen molar-refractivity contribution in [2.75, 3.05) is 5.75 Å². The smallest absolute Gasteiger partial charge is 0.147 e. The van der Waals surface area contributed by atoms with Gasteiger partial charge in [0.1, 0.15) is 5.78 Å². The molecule has 0 saturated heterocycles. The molecule has 0 N–H and O–H groups in total. The number of hydrogen-bond donors (Lipinski definition) is 0. The van der Waals surface area contributed by atoms with Crippen LogP contribution in [-0.2, 0) is 11.2 Å². The third-order valence-corrected chi connectivity index (χ3v) is 5.05. The van der Waals surface area contributed by atoms with Crippen LogP contribution in [0.4, 0.5) is 0 Å². The standard InChI is InChI=1S/C14H18ClNOS/c15-14-9-16-7-6-11(14)8-12(17)10-18-13-4-2-1-3-5-13/h6-7,9,13H,1-5,8,10H2. The molecule has 0 atom stereocenters. The van der Waals surface area contributed by atoms with Crippen molar-refractivity contribution in [2.45, 2.75) is 43.8 Å². The molecule has 98 valence electrons. The van der Waals surface area contributed by atoms with Crippen LogP contribution in [0.3, 0.4) is 0 Å². The maximum atomic E-state index is 11.9. The molecule has 0 aliphatic heterocycles. The molecule has 1 aromatic rings. The summed E-state index contributed by atoms with van der Waals surface area (Å²) in [7, 11) is 0. The summed E-state index contributed by atoms with van der Waals surface area (Å²) in [4.78, 5) is 15.8. The lowest BCUT2D eigenvalue weighted by molar-refractivity contribution is -0.116. The van der Waals surface area contributed by atoms with Gasteiger partial charge in [-0.2, -0.15) is 11.8 Å². The molecular formula is C14H18ClNOS. The zero-order valence-electron chi connectivity index (χ0n) is 10.4. The minimum absolute atomic E-state index is 0.263. The van der Waals surface area contributed by atoms with Gasteiger partial charge in [-0.3, -0.25) is 9.78 Å². The first kappa shape index (κ1) is 13.9. The van der Waals surface area contributed by atoms with Gasteiger partial charge in [-0.1, -0.05) is 30.9 Å². The van der Waals surface area contributed by atoms with E-state index in [0.29, 0.717) is 22.4 Å². The van der Waals surface area contributed by atoms with Gasteiger partial charge in [-0.05, 0) is 24.5 Å². The van der Waals surface area contributed by atoms with Crippen LogP contribution >= 0.6 is 23.4 Å². The number of carbonyl (C=O) groups is 1. The van der Waals surface area contributed by atoms with Crippen LogP contribution in [-0.4, -0.2) is 21.8 Å². The van der Waals surface area contributed by atoms with Crippen LogP contribution in [0.15, 0.2) is 18.5 Å². The summed E-state index contributed by atoms with van der Waals surface area (Å²) in [6.45, 7) is 0. The Hall–Kier alpha value is -0.540. The molecule has 1 heterocycles. The molecule has 1 aliphatic rings. The highest BCUT2D eigenvalue weighted by atomic mass is 35.5. The number of pyridine rings is 1. The van der Waals surface area contributed by atoms with Crippen LogP contribution < -0.4 is 0 Å². The maximum Gasteiger partial charge on any atom is 0.147 e. The SMILES string of the molecule is O=C(CSC1CCCCC1)Cc1ccncc1Cl. The predicted octanol–water partition coefficient (Wildman–Crippen LogP) is 3.91. The summed E-state index contributed by atoms with van der Waals surface area (Å²) in [5.74, 6) is 0.877. The monoisotopic (exact) mass is 283 g/mol. The maximum absolute atomic E-state index is 11.9. The van der Waals surface area contributed by atoms with Gasteiger partial charge < -0.3 is 0 Å². The second-order valence-electron chi connectivity index (χ2n) is 4.75. The van der Waals surface area contributed by atoms with Crippen molar-refractivity contribution in [3.63, 3.8) is 0 Å². The number of carbonyl (C=O) groups excluding carboxylic acids is 1. The van der Waals surface area contributed by atoms with E-state index in [-0.39, 0.29) is 5.78 Å². The van der Waals surface area contributed by atoms with Crippen molar-refractivity contribution in [3.8, 4) is 0 Å². The summed E-state index contributed by atoms with van der Waals surface area (Å²) >= 11 is 7.82. The van der Waals surface area contributed by atoms with Crippen LogP contribution in [0.25, 0.3) is 0 Å². The Morgan fingerprint density at radius 3 is 2.89 bits per heavy atom. The van der Waals surface area contributed by atoms with Crippen molar-refractivity contribution in [1.82, 2.24) is 4.98 Å².